The van der Waals surface area contributed by atoms with Gasteiger partial charge in [0.15, 0.2) is 17.7 Å². The third kappa shape index (κ3) is 8.30. The Labute approximate surface area is 299 Å². The highest BCUT2D eigenvalue weighted by atomic mass is 32.7. The van der Waals surface area contributed by atoms with Crippen LogP contribution in [0.25, 0.3) is 11.2 Å². The number of rotatable bonds is 15. The summed E-state index contributed by atoms with van der Waals surface area (Å²) in [6.45, 7) is -3.77. The number of imidazole rings is 1. The molecule has 2 aliphatic heterocycles. The van der Waals surface area contributed by atoms with Crippen LogP contribution in [0.1, 0.15) is 31.4 Å². The number of carbonyl (C=O) groups excluding carboxylic acids is 1. The van der Waals surface area contributed by atoms with Crippen molar-refractivity contribution in [3.05, 3.63) is 81.7 Å². The standard InChI is InChI=1S/C31H38N7O12PS/c1-17(10-18-6-4-3-5-7-18)30(42)46-16-52-51(44,50-25-20(12-39)49-29(26(25)45-2)37-9-8-22(41)36-31(37)43)47-13-21-19(40)11-23(48-21)38-15-35-24-27(32)33-14-34-28(24)38/h3-9,14-15,17,19-21,23,25-26,29,39-40H,10-13,16H2,1-2H3,(H2,32,33,34)(H,36,41,43)/t17?,19-,20-,21-,23-,25+,26?,29-,51?/m1/s1. The first kappa shape index (κ1) is 37.8. The fourth-order valence-corrected chi connectivity index (χ4v) is 8.77. The number of anilines is 1. The summed E-state index contributed by atoms with van der Waals surface area (Å²) in [5.74, 6) is -1.36. The number of aromatic nitrogens is 6. The first-order valence-electron chi connectivity index (χ1n) is 16.2. The van der Waals surface area contributed by atoms with Crippen molar-refractivity contribution < 1.29 is 47.6 Å². The molecular formula is C31H38N7O12PS. The largest absolute Gasteiger partial charge is 0.454 e. The number of benzene rings is 1. The Bertz CT molecular complexity index is 2010. The maximum absolute atomic E-state index is 14.5. The molecule has 19 nitrogen and oxygen atoms in total. The van der Waals surface area contributed by atoms with Gasteiger partial charge in [0.1, 0.15) is 48.4 Å². The smallest absolute Gasteiger partial charge is 0.392 e. The number of ether oxygens (including phenoxy) is 4. The Morgan fingerprint density at radius 3 is 2.65 bits per heavy atom. The number of hydrogen-bond donors (Lipinski definition) is 4. The number of nitrogens with one attached hydrogen (secondary N) is 1. The SMILES string of the molecule is COC1[C@@H](OP(=O)(OC[C@H]2O[C@@H](n3cnc4c(N)ncnc43)C[C@H]2O)SCOC(=O)C(C)Cc2ccccc2)[C@@H](CO)O[C@H]1n1ccc(=O)[nH]c1=O. The van der Waals surface area contributed by atoms with Gasteiger partial charge in [-0.2, -0.15) is 0 Å². The van der Waals surface area contributed by atoms with E-state index in [4.69, 9.17) is 33.7 Å². The number of esters is 1. The molecule has 280 valence electrons. The molecule has 3 unspecified atom stereocenters. The number of nitrogen functional groups attached to an aromatic ring is 1. The maximum Gasteiger partial charge on any atom is 0.392 e. The summed E-state index contributed by atoms with van der Waals surface area (Å²) in [6.07, 6.45) is -3.23. The van der Waals surface area contributed by atoms with Crippen LogP contribution in [0, 0.1) is 5.92 Å². The van der Waals surface area contributed by atoms with Crippen LogP contribution in [0.15, 0.2) is 64.8 Å². The molecule has 2 fully saturated rings. The van der Waals surface area contributed by atoms with Gasteiger partial charge in [0.25, 0.3) is 5.56 Å². The van der Waals surface area contributed by atoms with Gasteiger partial charge in [-0.05, 0) is 12.0 Å². The Morgan fingerprint density at radius 2 is 1.92 bits per heavy atom. The molecule has 2 aliphatic rings. The Kier molecular flexibility index (Phi) is 11.9. The number of hydrogen-bond acceptors (Lipinski definition) is 17. The molecule has 3 aromatic heterocycles. The number of methoxy groups -OCH3 is 1. The molecule has 0 radical (unpaired) electrons. The van der Waals surface area contributed by atoms with Gasteiger partial charge in [0.05, 0.1) is 31.6 Å². The van der Waals surface area contributed by atoms with Crippen LogP contribution in [-0.2, 0) is 43.8 Å². The molecule has 21 heteroatoms. The zero-order valence-corrected chi connectivity index (χ0v) is 29.7. The number of aromatic amines is 1. The van der Waals surface area contributed by atoms with Crippen LogP contribution >= 0.6 is 18.2 Å². The average molecular weight is 764 g/mol. The average Bonchev–Trinajstić information content (AvgIpc) is 3.82. The Morgan fingerprint density at radius 1 is 1.13 bits per heavy atom. The molecular weight excluding hydrogens is 725 g/mol. The zero-order valence-electron chi connectivity index (χ0n) is 28.0. The molecule has 9 atom stereocenters. The highest BCUT2D eigenvalue weighted by Gasteiger charge is 2.51. The summed E-state index contributed by atoms with van der Waals surface area (Å²) in [5.41, 5.74) is 6.13. The minimum absolute atomic E-state index is 0.100. The number of carbonyl (C=O) groups is 1. The number of nitrogens with zero attached hydrogens (tertiary/aromatic N) is 5. The van der Waals surface area contributed by atoms with Crippen molar-refractivity contribution in [1.82, 2.24) is 29.1 Å². The molecule has 0 saturated carbocycles. The topological polar surface area (TPSA) is 254 Å². The number of aliphatic hydroxyl groups excluding tert-OH is 2. The number of nitrogens with two attached hydrogens (primary N) is 1. The van der Waals surface area contributed by atoms with E-state index in [1.807, 2.05) is 30.3 Å². The monoisotopic (exact) mass is 763 g/mol. The van der Waals surface area contributed by atoms with Crippen LogP contribution < -0.4 is 17.0 Å². The second-order valence-electron chi connectivity index (χ2n) is 12.1. The van der Waals surface area contributed by atoms with Crippen LogP contribution in [0.4, 0.5) is 5.82 Å². The lowest BCUT2D eigenvalue weighted by atomic mass is 10.0. The molecule has 52 heavy (non-hydrogen) atoms. The predicted octanol–water partition coefficient (Wildman–Crippen LogP) is 1.13. The normalized spacial score (nSPS) is 26.3. The highest BCUT2D eigenvalue weighted by molar-refractivity contribution is 8.55. The molecule has 2 saturated heterocycles. The van der Waals surface area contributed by atoms with Crippen molar-refractivity contribution in [3.63, 3.8) is 0 Å². The predicted molar refractivity (Wildman–Crippen MR) is 184 cm³/mol. The zero-order chi connectivity index (χ0) is 37.0. The molecule has 5 N–H and O–H groups in total. The van der Waals surface area contributed by atoms with Crippen molar-refractivity contribution >= 4 is 41.1 Å². The van der Waals surface area contributed by atoms with Crippen LogP contribution in [0.2, 0.25) is 0 Å². The molecule has 5 heterocycles. The van der Waals surface area contributed by atoms with Crippen LogP contribution in [0.3, 0.4) is 0 Å². The summed E-state index contributed by atoms with van der Waals surface area (Å²) in [6, 6.07) is 10.5. The lowest BCUT2D eigenvalue weighted by Crippen LogP contribution is -2.39. The van der Waals surface area contributed by atoms with Crippen molar-refractivity contribution in [2.75, 3.05) is 32.0 Å². The van der Waals surface area contributed by atoms with E-state index < -0.39 is 92.1 Å². The van der Waals surface area contributed by atoms with E-state index in [2.05, 4.69) is 19.9 Å². The van der Waals surface area contributed by atoms with E-state index >= 15 is 0 Å². The van der Waals surface area contributed by atoms with Crippen molar-refractivity contribution in [1.29, 1.82) is 0 Å². The highest BCUT2D eigenvalue weighted by Crippen LogP contribution is 2.63. The van der Waals surface area contributed by atoms with E-state index in [1.54, 1.807) is 11.5 Å². The molecule has 1 aromatic carbocycles. The van der Waals surface area contributed by atoms with Gasteiger partial charge in [-0.25, -0.2) is 24.3 Å². The van der Waals surface area contributed by atoms with E-state index in [0.29, 0.717) is 29.0 Å². The van der Waals surface area contributed by atoms with Crippen molar-refractivity contribution in [2.45, 2.75) is 62.7 Å². The van der Waals surface area contributed by atoms with Crippen LogP contribution in [-0.4, -0.2) is 102 Å². The van der Waals surface area contributed by atoms with Crippen molar-refractivity contribution in [3.8, 4) is 0 Å². The maximum atomic E-state index is 14.5. The molecule has 0 amide bonds. The summed E-state index contributed by atoms with van der Waals surface area (Å²) >= 11 is 0.553. The number of aliphatic hydroxyl groups is 2. The van der Waals surface area contributed by atoms with E-state index in [1.165, 1.54) is 26.0 Å². The summed E-state index contributed by atoms with van der Waals surface area (Å²) < 4.78 is 52.0. The van der Waals surface area contributed by atoms with Gasteiger partial charge in [-0.15, -0.1) is 0 Å². The minimum atomic E-state index is -4.39. The first-order chi connectivity index (χ1) is 25.0. The van der Waals surface area contributed by atoms with Gasteiger partial charge in [-0.1, -0.05) is 37.3 Å². The van der Waals surface area contributed by atoms with Gasteiger partial charge in [0, 0.05) is 37.2 Å². The molecule has 0 aliphatic carbocycles. The Balaban J connectivity index is 1.19. The first-order valence-corrected chi connectivity index (χ1v) is 19.3. The third-order valence-corrected chi connectivity index (χ3v) is 12.0. The van der Waals surface area contributed by atoms with Gasteiger partial charge in [0.2, 0.25) is 0 Å². The Hall–Kier alpha value is -3.98. The van der Waals surface area contributed by atoms with E-state index in [0.717, 1.165) is 16.2 Å². The third-order valence-electron chi connectivity index (χ3n) is 8.61. The minimum Gasteiger partial charge on any atom is -0.454 e. The quantitative estimate of drug-likeness (QED) is 0.0752. The molecule has 6 rings (SSSR count). The van der Waals surface area contributed by atoms with E-state index in [9.17, 15) is 29.2 Å². The number of fused-ring (bicyclic) bond motifs is 1. The number of H-pyrrole nitrogens is 1. The van der Waals surface area contributed by atoms with Gasteiger partial charge >= 0.3 is 18.5 Å². The lowest BCUT2D eigenvalue weighted by molar-refractivity contribution is -0.145. The summed E-state index contributed by atoms with van der Waals surface area (Å²) in [5, 5.41) is 21.1. The van der Waals surface area contributed by atoms with Gasteiger partial charge in [-0.3, -0.25) is 32.8 Å². The summed E-state index contributed by atoms with van der Waals surface area (Å²) in [7, 11) is 1.30. The van der Waals surface area contributed by atoms with Gasteiger partial charge < -0.3 is 34.9 Å². The van der Waals surface area contributed by atoms with E-state index in [-0.39, 0.29) is 12.2 Å². The van der Waals surface area contributed by atoms with Crippen LogP contribution in [0.5, 0.6) is 0 Å². The second-order valence-corrected chi connectivity index (χ2v) is 16.1. The van der Waals surface area contributed by atoms with Crippen molar-refractivity contribution in [2.24, 2.45) is 5.92 Å². The second kappa shape index (κ2) is 16.4. The fraction of sp³-hybridized carbons (Fsp3) is 0.484. The summed E-state index contributed by atoms with van der Waals surface area (Å²) in [4.78, 5) is 51.7. The molecule has 0 spiro atoms. The molecule has 0 bridgehead atoms. The fourth-order valence-electron chi connectivity index (χ4n) is 5.96. The molecule has 4 aromatic rings. The lowest BCUT2D eigenvalue weighted by Gasteiger charge is -2.28.